The van der Waals surface area contributed by atoms with Crippen LogP contribution in [0.2, 0.25) is 0 Å². The lowest BCUT2D eigenvalue weighted by molar-refractivity contribution is -0.144. The number of aryl methyl sites for hydroxylation is 1. The van der Waals surface area contributed by atoms with E-state index in [4.69, 9.17) is 15.0 Å². The Bertz CT molecular complexity index is 356. The SMILES string of the molecule is CCOC(=O)C(N)CCSCc1noc(C)n1. The molecule has 0 saturated carbocycles. The molecule has 6 nitrogen and oxygen atoms in total. The number of rotatable bonds is 7. The summed E-state index contributed by atoms with van der Waals surface area (Å²) >= 11 is 1.61. The fourth-order valence-corrected chi connectivity index (χ4v) is 2.01. The molecule has 0 amide bonds. The second kappa shape index (κ2) is 7.29. The fraction of sp³-hybridized carbons (Fsp3) is 0.700. The lowest BCUT2D eigenvalue weighted by Crippen LogP contribution is -2.32. The second-order valence-corrected chi connectivity index (χ2v) is 4.53. The number of hydrogen-bond donors (Lipinski definition) is 1. The average molecular weight is 259 g/mol. The predicted molar refractivity (Wildman–Crippen MR) is 64.4 cm³/mol. The van der Waals surface area contributed by atoms with Gasteiger partial charge >= 0.3 is 5.97 Å². The van der Waals surface area contributed by atoms with E-state index in [2.05, 4.69) is 10.1 Å². The van der Waals surface area contributed by atoms with Gasteiger partial charge in [0.25, 0.3) is 0 Å². The van der Waals surface area contributed by atoms with Crippen molar-refractivity contribution in [1.82, 2.24) is 10.1 Å². The maximum absolute atomic E-state index is 11.2. The topological polar surface area (TPSA) is 91.2 Å². The monoisotopic (exact) mass is 259 g/mol. The van der Waals surface area contributed by atoms with Gasteiger partial charge in [-0.25, -0.2) is 0 Å². The van der Waals surface area contributed by atoms with Crippen LogP contribution in [0.1, 0.15) is 25.1 Å². The summed E-state index contributed by atoms with van der Waals surface area (Å²) < 4.78 is 9.65. The third kappa shape index (κ3) is 5.18. The van der Waals surface area contributed by atoms with E-state index in [1.165, 1.54) is 0 Å². The predicted octanol–water partition coefficient (Wildman–Crippen LogP) is 0.892. The van der Waals surface area contributed by atoms with Crippen molar-refractivity contribution in [1.29, 1.82) is 0 Å². The third-order valence-corrected chi connectivity index (χ3v) is 2.95. The van der Waals surface area contributed by atoms with E-state index in [-0.39, 0.29) is 5.97 Å². The normalized spacial score (nSPS) is 12.4. The van der Waals surface area contributed by atoms with Crippen molar-refractivity contribution in [2.24, 2.45) is 5.73 Å². The van der Waals surface area contributed by atoms with Crippen molar-refractivity contribution in [3.8, 4) is 0 Å². The Labute approximate surface area is 104 Å². The minimum absolute atomic E-state index is 0.344. The van der Waals surface area contributed by atoms with E-state index in [0.717, 1.165) is 5.75 Å². The minimum atomic E-state index is -0.547. The first-order valence-electron chi connectivity index (χ1n) is 5.42. The van der Waals surface area contributed by atoms with E-state index < -0.39 is 6.04 Å². The third-order valence-electron chi connectivity index (χ3n) is 1.96. The molecule has 1 rings (SSSR count). The number of nitrogens with zero attached hydrogens (tertiary/aromatic N) is 2. The smallest absolute Gasteiger partial charge is 0.322 e. The first kappa shape index (κ1) is 14.0. The molecule has 0 aliphatic rings. The Kier molecular flexibility index (Phi) is 5.99. The van der Waals surface area contributed by atoms with Gasteiger partial charge in [0.1, 0.15) is 6.04 Å². The van der Waals surface area contributed by atoms with Crippen molar-refractivity contribution in [3.05, 3.63) is 11.7 Å². The van der Waals surface area contributed by atoms with Crippen LogP contribution in [0.5, 0.6) is 0 Å². The maximum Gasteiger partial charge on any atom is 0.322 e. The minimum Gasteiger partial charge on any atom is -0.465 e. The number of ether oxygens (including phenoxy) is 1. The molecule has 0 bridgehead atoms. The number of carbonyl (C=O) groups excluding carboxylic acids is 1. The zero-order chi connectivity index (χ0) is 12.7. The average Bonchev–Trinajstić information content (AvgIpc) is 2.70. The molecule has 1 heterocycles. The van der Waals surface area contributed by atoms with Crippen LogP contribution in [0.15, 0.2) is 4.52 Å². The molecule has 96 valence electrons. The van der Waals surface area contributed by atoms with Crippen LogP contribution >= 0.6 is 11.8 Å². The summed E-state index contributed by atoms with van der Waals surface area (Å²) in [7, 11) is 0. The molecule has 0 aliphatic heterocycles. The molecule has 1 aromatic rings. The van der Waals surface area contributed by atoms with Crippen LogP contribution in [0.25, 0.3) is 0 Å². The number of aromatic nitrogens is 2. The molecule has 0 aliphatic carbocycles. The van der Waals surface area contributed by atoms with Crippen LogP contribution in [-0.4, -0.2) is 34.5 Å². The van der Waals surface area contributed by atoms with Crippen LogP contribution in [-0.2, 0) is 15.3 Å². The van der Waals surface area contributed by atoms with Crippen molar-refractivity contribution < 1.29 is 14.1 Å². The lowest BCUT2D eigenvalue weighted by Gasteiger charge is -2.09. The number of nitrogens with two attached hydrogens (primary N) is 1. The number of esters is 1. The van der Waals surface area contributed by atoms with Crippen molar-refractivity contribution in [2.75, 3.05) is 12.4 Å². The van der Waals surface area contributed by atoms with Gasteiger partial charge in [-0.15, -0.1) is 0 Å². The first-order valence-corrected chi connectivity index (χ1v) is 6.58. The highest BCUT2D eigenvalue weighted by atomic mass is 32.2. The fourth-order valence-electron chi connectivity index (χ4n) is 1.14. The molecule has 0 spiro atoms. The molecule has 1 aromatic heterocycles. The van der Waals surface area contributed by atoms with Crippen molar-refractivity contribution in [3.63, 3.8) is 0 Å². The number of carbonyl (C=O) groups is 1. The standard InChI is InChI=1S/C10H17N3O3S/c1-3-15-10(14)8(11)4-5-17-6-9-12-7(2)16-13-9/h8H,3-6,11H2,1-2H3. The zero-order valence-electron chi connectivity index (χ0n) is 10.0. The Balaban J connectivity index is 2.13. The molecule has 1 atom stereocenters. The maximum atomic E-state index is 11.2. The van der Waals surface area contributed by atoms with Gasteiger partial charge in [0.2, 0.25) is 5.89 Å². The number of hydrogen-bond acceptors (Lipinski definition) is 7. The van der Waals surface area contributed by atoms with Crippen LogP contribution in [0.4, 0.5) is 0 Å². The van der Waals surface area contributed by atoms with E-state index in [9.17, 15) is 4.79 Å². The molecule has 0 aromatic carbocycles. The van der Waals surface area contributed by atoms with Crippen molar-refractivity contribution >= 4 is 17.7 Å². The molecule has 0 fully saturated rings. The Morgan fingerprint density at radius 1 is 1.65 bits per heavy atom. The highest BCUT2D eigenvalue weighted by molar-refractivity contribution is 7.98. The first-order chi connectivity index (χ1) is 8.13. The lowest BCUT2D eigenvalue weighted by atomic mass is 10.2. The Morgan fingerprint density at radius 2 is 2.41 bits per heavy atom. The largest absolute Gasteiger partial charge is 0.465 e. The summed E-state index contributed by atoms with van der Waals surface area (Å²) in [5.41, 5.74) is 5.65. The molecule has 7 heteroatoms. The van der Waals surface area contributed by atoms with E-state index in [1.54, 1.807) is 25.6 Å². The van der Waals surface area contributed by atoms with Gasteiger partial charge in [-0.05, 0) is 19.1 Å². The van der Waals surface area contributed by atoms with Crippen molar-refractivity contribution in [2.45, 2.75) is 32.1 Å². The van der Waals surface area contributed by atoms with E-state index >= 15 is 0 Å². The van der Waals surface area contributed by atoms with Gasteiger partial charge < -0.3 is 15.0 Å². The summed E-state index contributed by atoms with van der Waals surface area (Å²) in [4.78, 5) is 15.3. The molecule has 0 radical (unpaired) electrons. The zero-order valence-corrected chi connectivity index (χ0v) is 10.8. The summed E-state index contributed by atoms with van der Waals surface area (Å²) in [6.45, 7) is 3.87. The summed E-state index contributed by atoms with van der Waals surface area (Å²) in [6, 6.07) is -0.547. The van der Waals surface area contributed by atoms with Gasteiger partial charge in [-0.3, -0.25) is 4.79 Å². The molecule has 2 N–H and O–H groups in total. The molecular formula is C10H17N3O3S. The highest BCUT2D eigenvalue weighted by Crippen LogP contribution is 2.11. The van der Waals surface area contributed by atoms with Gasteiger partial charge in [0.05, 0.1) is 12.4 Å². The van der Waals surface area contributed by atoms with Gasteiger partial charge in [0, 0.05) is 6.92 Å². The summed E-state index contributed by atoms with van der Waals surface area (Å²) in [5.74, 6) is 2.30. The molecule has 0 saturated heterocycles. The van der Waals surface area contributed by atoms with E-state index in [1.807, 2.05) is 0 Å². The van der Waals surface area contributed by atoms with Crippen LogP contribution in [0.3, 0.4) is 0 Å². The molecular weight excluding hydrogens is 242 g/mol. The molecule has 1 unspecified atom stereocenters. The Morgan fingerprint density at radius 3 is 3.00 bits per heavy atom. The van der Waals surface area contributed by atoms with Crippen LogP contribution < -0.4 is 5.73 Å². The summed E-state index contributed by atoms with van der Waals surface area (Å²) in [6.07, 6.45) is 0.584. The van der Waals surface area contributed by atoms with Crippen LogP contribution in [0, 0.1) is 6.92 Å². The molecule has 17 heavy (non-hydrogen) atoms. The van der Waals surface area contributed by atoms with Gasteiger partial charge in [0.15, 0.2) is 5.82 Å². The van der Waals surface area contributed by atoms with E-state index in [0.29, 0.717) is 30.5 Å². The quantitative estimate of drug-likeness (QED) is 0.574. The van der Waals surface area contributed by atoms with Gasteiger partial charge in [-0.2, -0.15) is 16.7 Å². The number of thioether (sulfide) groups is 1. The Hall–Kier alpha value is -1.08. The highest BCUT2D eigenvalue weighted by Gasteiger charge is 2.14. The summed E-state index contributed by atoms with van der Waals surface area (Å²) in [5, 5.41) is 3.77. The second-order valence-electron chi connectivity index (χ2n) is 3.43. The van der Waals surface area contributed by atoms with Gasteiger partial charge in [-0.1, -0.05) is 5.16 Å².